The lowest BCUT2D eigenvalue weighted by Gasteiger charge is -2.61. The zero-order valence-corrected chi connectivity index (χ0v) is 21.6. The molecule has 3 aliphatic carbocycles. The minimum atomic E-state index is -0.543. The van der Waals surface area contributed by atoms with Crippen LogP contribution < -0.4 is 0 Å². The van der Waals surface area contributed by atoms with E-state index in [1.165, 1.54) is 13.3 Å². The molecule has 6 aliphatic rings. The summed E-state index contributed by atoms with van der Waals surface area (Å²) in [6.07, 6.45) is 7.34. The van der Waals surface area contributed by atoms with Crippen LogP contribution in [0.1, 0.15) is 86.0 Å². The number of carbonyl (C=O) groups is 1. The van der Waals surface area contributed by atoms with Gasteiger partial charge in [0.15, 0.2) is 12.1 Å². The molecule has 6 heteroatoms. The molecule has 0 aromatic carbocycles. The summed E-state index contributed by atoms with van der Waals surface area (Å²) in [6, 6.07) is 0. The van der Waals surface area contributed by atoms with Crippen LogP contribution in [0.3, 0.4) is 0 Å². The van der Waals surface area contributed by atoms with Crippen LogP contribution in [0, 0.1) is 46.3 Å². The van der Waals surface area contributed by atoms with E-state index in [9.17, 15) is 9.90 Å². The Labute approximate surface area is 204 Å². The summed E-state index contributed by atoms with van der Waals surface area (Å²) in [7, 11) is 0. The summed E-state index contributed by atoms with van der Waals surface area (Å²) in [5, 5.41) is 10.7. The molecule has 3 heterocycles. The van der Waals surface area contributed by atoms with E-state index in [4.69, 9.17) is 18.9 Å². The van der Waals surface area contributed by atoms with E-state index in [-0.39, 0.29) is 35.3 Å². The SMILES string of the molecule is CC(=O)O[C@@H]1C[C@@]2(C)[C@@H](CC[C@@H]3[C@@H]2CC[C@]2(C)[C@@H]4[C@H](O[C@@H]32)O[C@]2(CC[C@@H](C)CO2)[C@H]4C)C[C@H]1O. The lowest BCUT2D eigenvalue weighted by molar-refractivity contribution is -0.311. The maximum atomic E-state index is 11.7. The highest BCUT2D eigenvalue weighted by Gasteiger charge is 2.70. The van der Waals surface area contributed by atoms with Crippen molar-refractivity contribution in [2.45, 2.75) is 116 Å². The van der Waals surface area contributed by atoms with Crippen molar-refractivity contribution in [3.8, 4) is 0 Å². The molecule has 3 aliphatic heterocycles. The Morgan fingerprint density at radius 2 is 1.85 bits per heavy atom. The smallest absolute Gasteiger partial charge is 0.302 e. The third-order valence-electron chi connectivity index (χ3n) is 11.6. The predicted molar refractivity (Wildman–Crippen MR) is 125 cm³/mol. The lowest BCUT2D eigenvalue weighted by atomic mass is 9.45. The molecule has 0 amide bonds. The zero-order valence-electron chi connectivity index (χ0n) is 21.6. The summed E-state index contributed by atoms with van der Waals surface area (Å²) < 4.78 is 25.6. The van der Waals surface area contributed by atoms with Crippen molar-refractivity contribution in [1.29, 1.82) is 0 Å². The van der Waals surface area contributed by atoms with Gasteiger partial charge in [-0.05, 0) is 74.0 Å². The molecule has 34 heavy (non-hydrogen) atoms. The average Bonchev–Trinajstić information content (AvgIpc) is 3.21. The molecule has 0 unspecified atom stereocenters. The van der Waals surface area contributed by atoms with Crippen molar-refractivity contribution in [3.05, 3.63) is 0 Å². The van der Waals surface area contributed by atoms with Crippen LogP contribution in [0.25, 0.3) is 0 Å². The van der Waals surface area contributed by atoms with E-state index in [1.807, 2.05) is 0 Å². The Morgan fingerprint density at radius 1 is 1.06 bits per heavy atom. The molecule has 13 atom stereocenters. The fourth-order valence-corrected chi connectivity index (χ4v) is 9.75. The fourth-order valence-electron chi connectivity index (χ4n) is 9.75. The number of fused-ring (bicyclic) bond motifs is 7. The minimum Gasteiger partial charge on any atom is -0.460 e. The van der Waals surface area contributed by atoms with Gasteiger partial charge in [0.25, 0.3) is 0 Å². The van der Waals surface area contributed by atoms with Crippen molar-refractivity contribution >= 4 is 5.97 Å². The maximum Gasteiger partial charge on any atom is 0.302 e. The van der Waals surface area contributed by atoms with Crippen molar-refractivity contribution in [2.24, 2.45) is 46.3 Å². The van der Waals surface area contributed by atoms with Crippen LogP contribution in [-0.4, -0.2) is 48.1 Å². The van der Waals surface area contributed by atoms with Gasteiger partial charge < -0.3 is 24.1 Å². The number of rotatable bonds is 1. The minimum absolute atomic E-state index is 0.0704. The third kappa shape index (κ3) is 3.23. The van der Waals surface area contributed by atoms with Crippen LogP contribution in [-0.2, 0) is 23.7 Å². The molecule has 0 aromatic heterocycles. The molecule has 3 saturated heterocycles. The Kier molecular flexibility index (Phi) is 5.51. The molecule has 6 fully saturated rings. The van der Waals surface area contributed by atoms with E-state index >= 15 is 0 Å². The monoisotopic (exact) mass is 476 g/mol. The second kappa shape index (κ2) is 7.90. The zero-order chi connectivity index (χ0) is 24.0. The highest BCUT2D eigenvalue weighted by molar-refractivity contribution is 5.66. The van der Waals surface area contributed by atoms with Gasteiger partial charge in [0, 0.05) is 30.6 Å². The Bertz CT molecular complexity index is 822. The Balaban J connectivity index is 1.24. The van der Waals surface area contributed by atoms with Crippen molar-refractivity contribution in [2.75, 3.05) is 6.61 Å². The van der Waals surface area contributed by atoms with E-state index in [0.29, 0.717) is 35.5 Å². The third-order valence-corrected chi connectivity index (χ3v) is 11.6. The van der Waals surface area contributed by atoms with E-state index < -0.39 is 11.9 Å². The van der Waals surface area contributed by atoms with E-state index in [2.05, 4.69) is 27.7 Å². The summed E-state index contributed by atoms with van der Waals surface area (Å²) in [4.78, 5) is 11.7. The molecular weight excluding hydrogens is 432 g/mol. The quantitative estimate of drug-likeness (QED) is 0.555. The number of aliphatic hydroxyl groups is 1. The molecule has 0 radical (unpaired) electrons. The van der Waals surface area contributed by atoms with Crippen LogP contribution in [0.5, 0.6) is 0 Å². The van der Waals surface area contributed by atoms with Gasteiger partial charge in [0.1, 0.15) is 6.10 Å². The molecule has 3 saturated carbocycles. The van der Waals surface area contributed by atoms with Gasteiger partial charge in [0.05, 0.1) is 18.8 Å². The first-order chi connectivity index (χ1) is 16.1. The molecule has 1 spiro atoms. The number of hydrogen-bond donors (Lipinski definition) is 1. The molecule has 0 bridgehead atoms. The molecule has 192 valence electrons. The highest BCUT2D eigenvalue weighted by atomic mass is 16.8. The average molecular weight is 477 g/mol. The normalized spacial score (nSPS) is 58.5. The number of ether oxygens (including phenoxy) is 4. The first-order valence-electron chi connectivity index (χ1n) is 13.9. The van der Waals surface area contributed by atoms with Crippen LogP contribution in [0.15, 0.2) is 0 Å². The molecule has 1 N–H and O–H groups in total. The first kappa shape index (κ1) is 23.7. The number of hydrogen-bond acceptors (Lipinski definition) is 6. The van der Waals surface area contributed by atoms with Crippen molar-refractivity contribution < 1.29 is 28.8 Å². The van der Waals surface area contributed by atoms with Gasteiger partial charge in [-0.1, -0.05) is 27.7 Å². The number of esters is 1. The second-order valence-electron chi connectivity index (χ2n) is 13.4. The van der Waals surface area contributed by atoms with Gasteiger partial charge in [0.2, 0.25) is 0 Å². The van der Waals surface area contributed by atoms with Crippen LogP contribution in [0.4, 0.5) is 0 Å². The summed E-state index contributed by atoms with van der Waals surface area (Å²) in [6.45, 7) is 11.7. The number of aliphatic hydroxyl groups excluding tert-OH is 1. The summed E-state index contributed by atoms with van der Waals surface area (Å²) >= 11 is 0. The van der Waals surface area contributed by atoms with Gasteiger partial charge in [-0.2, -0.15) is 0 Å². The maximum absolute atomic E-state index is 11.7. The molecular formula is C28H44O6. The summed E-state index contributed by atoms with van der Waals surface area (Å²) in [5.74, 6) is 2.07. The van der Waals surface area contributed by atoms with Gasteiger partial charge in [-0.15, -0.1) is 0 Å². The first-order valence-corrected chi connectivity index (χ1v) is 13.9. The highest BCUT2D eigenvalue weighted by Crippen LogP contribution is 2.68. The van der Waals surface area contributed by atoms with Gasteiger partial charge in [-0.25, -0.2) is 0 Å². The van der Waals surface area contributed by atoms with Crippen LogP contribution >= 0.6 is 0 Å². The lowest BCUT2D eigenvalue weighted by Crippen LogP contribution is -2.59. The van der Waals surface area contributed by atoms with Gasteiger partial charge in [-0.3, -0.25) is 4.79 Å². The second-order valence-corrected chi connectivity index (χ2v) is 13.4. The largest absolute Gasteiger partial charge is 0.460 e. The number of carbonyl (C=O) groups excluding carboxylic acids is 1. The van der Waals surface area contributed by atoms with Crippen molar-refractivity contribution in [3.63, 3.8) is 0 Å². The van der Waals surface area contributed by atoms with Crippen LogP contribution in [0.2, 0.25) is 0 Å². The summed E-state index contributed by atoms with van der Waals surface area (Å²) in [5.41, 5.74) is 0.175. The Morgan fingerprint density at radius 3 is 2.56 bits per heavy atom. The van der Waals surface area contributed by atoms with E-state index in [0.717, 1.165) is 51.6 Å². The van der Waals surface area contributed by atoms with Gasteiger partial charge >= 0.3 is 5.97 Å². The molecule has 6 rings (SSSR count). The molecule has 0 aromatic rings. The molecule has 6 nitrogen and oxygen atoms in total. The Hall–Kier alpha value is -0.690. The topological polar surface area (TPSA) is 74.2 Å². The fraction of sp³-hybridized carbons (Fsp3) is 0.964. The standard InChI is InChI=1S/C28H44O6/c1-15-8-11-28(31-14-15)16(2)23-25(34-28)33-24-19-7-6-18-12-21(30)22(32-17(3)29)13-27(18,5)20(19)9-10-26(23,24)4/h15-16,18-25,30H,6-14H2,1-5H3/t15-,16+,18+,19-,20+,21-,22-,23+,24+,25-,26-,27+,28-/m1/s1. The van der Waals surface area contributed by atoms with E-state index in [1.54, 1.807) is 0 Å². The predicted octanol–water partition coefficient (Wildman–Crippen LogP) is 4.67. The van der Waals surface area contributed by atoms with Crippen molar-refractivity contribution in [1.82, 2.24) is 0 Å².